The summed E-state index contributed by atoms with van der Waals surface area (Å²) in [6, 6.07) is 15.1. The van der Waals surface area contributed by atoms with Crippen molar-refractivity contribution in [2.45, 2.75) is 50.7 Å². The summed E-state index contributed by atoms with van der Waals surface area (Å²) >= 11 is 5.88. The number of quaternary nitrogens is 1. The van der Waals surface area contributed by atoms with E-state index in [2.05, 4.69) is 12.1 Å². The molecule has 2 aromatic rings. The number of benzene rings is 2. The maximum Gasteiger partial charge on any atom is 0.439 e. The zero-order chi connectivity index (χ0) is 22.4. The lowest BCUT2D eigenvalue weighted by atomic mass is 9.82. The molecule has 7 heteroatoms. The van der Waals surface area contributed by atoms with Crippen LogP contribution in [-0.4, -0.2) is 41.9 Å². The fourth-order valence-electron chi connectivity index (χ4n) is 4.07. The fourth-order valence-corrected chi connectivity index (χ4v) is 4.20. The standard InChI is InChI=1S/C24H29ClN2O4/c1-27(2,24(29)26-30)16-18-3-7-19(8-4-18)20-9-13-22(14-10-20)31-23(28)15-17-5-11-21(25)12-6-17/h3-8,11-12,20,22H,9-10,13-16H2,1-2H3,(H-,26,29,30)/p+1. The maximum absolute atomic E-state index is 12.2. The van der Waals surface area contributed by atoms with E-state index in [1.54, 1.807) is 31.7 Å². The zero-order valence-electron chi connectivity index (χ0n) is 18.0. The molecule has 0 saturated heterocycles. The van der Waals surface area contributed by atoms with E-state index in [1.807, 2.05) is 24.3 Å². The number of amides is 2. The van der Waals surface area contributed by atoms with E-state index in [0.717, 1.165) is 36.8 Å². The molecule has 1 aliphatic rings. The Kier molecular flexibility index (Phi) is 7.70. The highest BCUT2D eigenvalue weighted by molar-refractivity contribution is 6.30. The number of esters is 1. The minimum Gasteiger partial charge on any atom is -0.462 e. The van der Waals surface area contributed by atoms with E-state index in [4.69, 9.17) is 21.5 Å². The highest BCUT2D eigenvalue weighted by Gasteiger charge is 2.27. The number of urea groups is 1. The summed E-state index contributed by atoms with van der Waals surface area (Å²) < 4.78 is 5.70. The van der Waals surface area contributed by atoms with Gasteiger partial charge >= 0.3 is 12.0 Å². The van der Waals surface area contributed by atoms with Gasteiger partial charge in [0.1, 0.15) is 12.6 Å². The Morgan fingerprint density at radius 2 is 1.58 bits per heavy atom. The number of hydroxylamine groups is 1. The summed E-state index contributed by atoms with van der Waals surface area (Å²) in [6.45, 7) is 0.489. The second kappa shape index (κ2) is 10.3. The van der Waals surface area contributed by atoms with Gasteiger partial charge in [-0.1, -0.05) is 48.0 Å². The van der Waals surface area contributed by atoms with Crippen LogP contribution in [-0.2, 0) is 22.5 Å². The number of nitrogens with one attached hydrogen (secondary N) is 1. The molecule has 0 aromatic heterocycles. The molecule has 1 saturated carbocycles. The average Bonchev–Trinajstić information content (AvgIpc) is 2.75. The summed E-state index contributed by atoms with van der Waals surface area (Å²) in [5.41, 5.74) is 4.92. The third-order valence-electron chi connectivity index (χ3n) is 5.91. The van der Waals surface area contributed by atoms with Crippen LogP contribution in [0.15, 0.2) is 48.5 Å². The van der Waals surface area contributed by atoms with Gasteiger partial charge in [0.2, 0.25) is 0 Å². The molecule has 0 unspecified atom stereocenters. The molecule has 1 fully saturated rings. The van der Waals surface area contributed by atoms with Crippen LogP contribution in [0.1, 0.15) is 48.3 Å². The molecule has 166 valence electrons. The van der Waals surface area contributed by atoms with E-state index in [9.17, 15) is 9.59 Å². The van der Waals surface area contributed by atoms with Crippen molar-refractivity contribution in [3.05, 3.63) is 70.2 Å². The minimum absolute atomic E-state index is 0.0162. The number of nitrogens with zero attached hydrogens (tertiary/aromatic N) is 1. The lowest BCUT2D eigenvalue weighted by molar-refractivity contribution is -0.824. The predicted octanol–water partition coefficient (Wildman–Crippen LogP) is 4.83. The Morgan fingerprint density at radius 1 is 1.00 bits per heavy atom. The van der Waals surface area contributed by atoms with Gasteiger partial charge in [-0.05, 0) is 54.9 Å². The van der Waals surface area contributed by atoms with Gasteiger partial charge in [-0.15, -0.1) is 0 Å². The molecular formula is C24H30ClN2O4+. The van der Waals surface area contributed by atoms with E-state index < -0.39 is 6.03 Å². The van der Waals surface area contributed by atoms with Crippen LogP contribution in [0.25, 0.3) is 0 Å². The molecule has 0 bridgehead atoms. The molecule has 0 spiro atoms. The molecule has 2 amide bonds. The number of ether oxygens (including phenoxy) is 1. The fraction of sp³-hybridized carbons (Fsp3) is 0.417. The van der Waals surface area contributed by atoms with E-state index in [1.165, 1.54) is 5.56 Å². The van der Waals surface area contributed by atoms with Crippen molar-refractivity contribution in [2.75, 3.05) is 14.1 Å². The first-order valence-electron chi connectivity index (χ1n) is 10.6. The van der Waals surface area contributed by atoms with Gasteiger partial charge in [-0.25, -0.2) is 9.28 Å². The van der Waals surface area contributed by atoms with Crippen LogP contribution in [0.5, 0.6) is 0 Å². The summed E-state index contributed by atoms with van der Waals surface area (Å²) in [5.74, 6) is 0.256. The Morgan fingerprint density at radius 3 is 2.16 bits per heavy atom. The average molecular weight is 446 g/mol. The van der Waals surface area contributed by atoms with E-state index >= 15 is 0 Å². The van der Waals surface area contributed by atoms with E-state index in [-0.39, 0.29) is 23.0 Å². The molecule has 2 N–H and O–H groups in total. The summed E-state index contributed by atoms with van der Waals surface area (Å²) in [7, 11) is 3.49. The second-order valence-corrected chi connectivity index (χ2v) is 9.20. The molecule has 0 radical (unpaired) electrons. The van der Waals surface area contributed by atoms with E-state index in [0.29, 0.717) is 17.5 Å². The molecule has 0 atom stereocenters. The van der Waals surface area contributed by atoms with Gasteiger partial charge in [-0.2, -0.15) is 5.48 Å². The summed E-state index contributed by atoms with van der Waals surface area (Å²) in [5, 5.41) is 9.53. The minimum atomic E-state index is -0.451. The van der Waals surface area contributed by atoms with Crippen molar-refractivity contribution in [1.82, 2.24) is 5.48 Å². The maximum atomic E-state index is 12.2. The van der Waals surface area contributed by atoms with Crippen molar-refractivity contribution >= 4 is 23.6 Å². The van der Waals surface area contributed by atoms with Crippen LogP contribution in [0, 0.1) is 0 Å². The third-order valence-corrected chi connectivity index (χ3v) is 6.16. The van der Waals surface area contributed by atoms with Crippen LogP contribution in [0.4, 0.5) is 4.79 Å². The lowest BCUT2D eigenvalue weighted by Gasteiger charge is -2.29. The van der Waals surface area contributed by atoms with Gasteiger partial charge in [0.15, 0.2) is 0 Å². The second-order valence-electron chi connectivity index (χ2n) is 8.77. The first-order valence-corrected chi connectivity index (χ1v) is 10.9. The normalized spacial score (nSPS) is 19.0. The number of rotatable bonds is 6. The number of hydrogen-bond acceptors (Lipinski definition) is 4. The Balaban J connectivity index is 1.47. The quantitative estimate of drug-likeness (QED) is 0.289. The van der Waals surface area contributed by atoms with Gasteiger partial charge in [0.05, 0.1) is 20.5 Å². The monoisotopic (exact) mass is 445 g/mol. The summed E-state index contributed by atoms with van der Waals surface area (Å²) in [6.07, 6.45) is 3.92. The van der Waals surface area contributed by atoms with Crippen LogP contribution in [0.2, 0.25) is 5.02 Å². The van der Waals surface area contributed by atoms with Gasteiger partial charge in [0.25, 0.3) is 0 Å². The third kappa shape index (κ3) is 6.53. The highest BCUT2D eigenvalue weighted by Crippen LogP contribution is 2.34. The van der Waals surface area contributed by atoms with Crippen molar-refractivity contribution in [3.8, 4) is 0 Å². The first kappa shape index (κ1) is 23.3. The molecule has 2 aromatic carbocycles. The largest absolute Gasteiger partial charge is 0.462 e. The Bertz CT molecular complexity index is 889. The van der Waals surface area contributed by atoms with Crippen molar-refractivity contribution in [3.63, 3.8) is 0 Å². The Hall–Kier alpha value is -2.41. The molecular weight excluding hydrogens is 416 g/mol. The number of hydrogen-bond donors (Lipinski definition) is 2. The smallest absolute Gasteiger partial charge is 0.439 e. The number of carbonyl (C=O) groups excluding carboxylic acids is 2. The number of carbonyl (C=O) groups is 2. The van der Waals surface area contributed by atoms with Crippen LogP contribution in [0.3, 0.4) is 0 Å². The zero-order valence-corrected chi connectivity index (χ0v) is 18.8. The van der Waals surface area contributed by atoms with Gasteiger partial charge in [0, 0.05) is 10.6 Å². The van der Waals surface area contributed by atoms with Crippen molar-refractivity contribution in [2.24, 2.45) is 0 Å². The van der Waals surface area contributed by atoms with Crippen LogP contribution >= 0.6 is 11.6 Å². The molecule has 0 aliphatic heterocycles. The predicted molar refractivity (Wildman–Crippen MR) is 119 cm³/mol. The SMILES string of the molecule is C[N+](C)(Cc1ccc(C2CCC(OC(=O)Cc3ccc(Cl)cc3)CC2)cc1)C(=O)NO. The molecule has 3 rings (SSSR count). The highest BCUT2D eigenvalue weighted by atomic mass is 35.5. The number of halogens is 1. The van der Waals surface area contributed by atoms with Crippen LogP contribution < -0.4 is 5.48 Å². The molecule has 0 heterocycles. The molecule has 6 nitrogen and oxygen atoms in total. The molecule has 31 heavy (non-hydrogen) atoms. The topological polar surface area (TPSA) is 75.6 Å². The van der Waals surface area contributed by atoms with Crippen molar-refractivity contribution in [1.29, 1.82) is 0 Å². The first-order chi connectivity index (χ1) is 14.8. The Labute approximate surface area is 188 Å². The van der Waals surface area contributed by atoms with Gasteiger partial charge < -0.3 is 4.74 Å². The van der Waals surface area contributed by atoms with Gasteiger partial charge in [-0.3, -0.25) is 10.0 Å². The molecule has 1 aliphatic carbocycles. The van der Waals surface area contributed by atoms with Crippen molar-refractivity contribution < 1.29 is 24.0 Å². The lowest BCUT2D eigenvalue weighted by Crippen LogP contribution is -2.49. The summed E-state index contributed by atoms with van der Waals surface area (Å²) in [4.78, 5) is 24.0.